The number of ether oxygens (including phenoxy) is 1. The van der Waals surface area contributed by atoms with Crippen LogP contribution in [0.5, 0.6) is 0 Å². The maximum absolute atomic E-state index is 9.42. The van der Waals surface area contributed by atoms with Crippen LogP contribution in [0.1, 0.15) is 0 Å². The lowest BCUT2D eigenvalue weighted by Crippen LogP contribution is -2.04. The van der Waals surface area contributed by atoms with Crippen LogP contribution in [0.4, 0.5) is 4.79 Å². The Labute approximate surface area is 53.4 Å². The van der Waals surface area contributed by atoms with Crippen LogP contribution in [0, 0.1) is 0 Å². The Hall–Kier alpha value is -1.03. The molecule has 0 heterocycles. The average Bonchev–Trinajstić information content (AvgIpc) is 1.88. The zero-order valence-corrected chi connectivity index (χ0v) is 5.04. The van der Waals surface area contributed by atoms with Crippen molar-refractivity contribution in [2.45, 2.75) is 0 Å². The van der Waals surface area contributed by atoms with Gasteiger partial charge in [0.2, 0.25) is 0 Å². The maximum Gasteiger partial charge on any atom is 0.505 e. The fourth-order valence-corrected chi connectivity index (χ4v) is 0.133. The van der Waals surface area contributed by atoms with E-state index >= 15 is 0 Å². The predicted molar refractivity (Wildman–Crippen MR) is 32.3 cm³/mol. The molecule has 0 aromatic rings. The minimum atomic E-state index is -1.35. The van der Waals surface area contributed by atoms with Crippen molar-refractivity contribution in [3.63, 3.8) is 0 Å². The molecule has 0 atom stereocenters. The molecule has 0 unspecified atom stereocenters. The van der Waals surface area contributed by atoms with Crippen LogP contribution in [0.25, 0.3) is 0 Å². The number of hydrogen-bond acceptors (Lipinski definition) is 3. The minimum absolute atomic E-state index is 0.144. The SMILES string of the molecule is C=C.O=C(O)OCCO. The van der Waals surface area contributed by atoms with Crippen molar-refractivity contribution < 1.29 is 19.7 Å². The smallest absolute Gasteiger partial charge is 0.450 e. The topological polar surface area (TPSA) is 66.8 Å². The van der Waals surface area contributed by atoms with E-state index in [9.17, 15) is 4.79 Å². The zero-order valence-electron chi connectivity index (χ0n) is 5.04. The van der Waals surface area contributed by atoms with Gasteiger partial charge in [-0.25, -0.2) is 4.79 Å². The number of rotatable bonds is 2. The Balaban J connectivity index is 0. The van der Waals surface area contributed by atoms with Gasteiger partial charge in [-0.05, 0) is 0 Å². The van der Waals surface area contributed by atoms with Gasteiger partial charge >= 0.3 is 6.16 Å². The van der Waals surface area contributed by atoms with E-state index in [1.165, 1.54) is 0 Å². The lowest BCUT2D eigenvalue weighted by atomic mass is 10.8. The van der Waals surface area contributed by atoms with E-state index in [0.29, 0.717) is 0 Å². The molecule has 2 N–H and O–H groups in total. The van der Waals surface area contributed by atoms with Crippen LogP contribution in [0.2, 0.25) is 0 Å². The Kier molecular flexibility index (Phi) is 12.1. The Morgan fingerprint density at radius 1 is 1.56 bits per heavy atom. The van der Waals surface area contributed by atoms with E-state index in [0.717, 1.165) is 0 Å². The van der Waals surface area contributed by atoms with Gasteiger partial charge in [-0.2, -0.15) is 0 Å². The molecule has 0 saturated carbocycles. The molecule has 4 nitrogen and oxygen atoms in total. The highest BCUT2D eigenvalue weighted by Gasteiger charge is 1.90. The molecular weight excluding hydrogens is 124 g/mol. The van der Waals surface area contributed by atoms with Gasteiger partial charge in [0.15, 0.2) is 0 Å². The lowest BCUT2D eigenvalue weighted by Gasteiger charge is -1.91. The van der Waals surface area contributed by atoms with Crippen LogP contribution in [-0.2, 0) is 4.74 Å². The number of carboxylic acid groups (broad SMARTS) is 1. The summed E-state index contributed by atoms with van der Waals surface area (Å²) in [6, 6.07) is 0. The number of aliphatic hydroxyl groups is 1. The third-order valence-corrected chi connectivity index (χ3v) is 0.317. The molecule has 0 amide bonds. The molecule has 0 aromatic carbocycles. The summed E-state index contributed by atoms with van der Waals surface area (Å²) in [5.41, 5.74) is 0. The van der Waals surface area contributed by atoms with E-state index in [2.05, 4.69) is 17.9 Å². The standard InChI is InChI=1S/C3H6O4.C2H4/c4-1-2-7-3(5)6;1-2/h4H,1-2H2,(H,5,6);1-2H2. The molecule has 4 heteroatoms. The first-order chi connectivity index (χ1) is 4.27. The lowest BCUT2D eigenvalue weighted by molar-refractivity contribution is 0.0743. The summed E-state index contributed by atoms with van der Waals surface area (Å²) in [5.74, 6) is 0. The van der Waals surface area contributed by atoms with E-state index in [1.807, 2.05) is 0 Å². The van der Waals surface area contributed by atoms with Gasteiger partial charge in [-0.15, -0.1) is 13.2 Å². The average molecular weight is 134 g/mol. The fraction of sp³-hybridized carbons (Fsp3) is 0.400. The summed E-state index contributed by atoms with van der Waals surface area (Å²) in [7, 11) is 0. The molecule has 0 aliphatic carbocycles. The number of aliphatic hydroxyl groups excluding tert-OH is 1. The van der Waals surface area contributed by atoms with Crippen molar-refractivity contribution in [1.82, 2.24) is 0 Å². The summed E-state index contributed by atoms with van der Waals surface area (Å²) >= 11 is 0. The van der Waals surface area contributed by atoms with Crippen LogP contribution in [0.3, 0.4) is 0 Å². The van der Waals surface area contributed by atoms with Gasteiger partial charge in [0.1, 0.15) is 6.61 Å². The largest absolute Gasteiger partial charge is 0.505 e. The molecule has 0 radical (unpaired) electrons. The van der Waals surface area contributed by atoms with Crippen molar-refractivity contribution in [3.05, 3.63) is 13.2 Å². The van der Waals surface area contributed by atoms with Gasteiger partial charge < -0.3 is 14.9 Å². The summed E-state index contributed by atoms with van der Waals surface area (Å²) in [5, 5.41) is 15.6. The van der Waals surface area contributed by atoms with Crippen molar-refractivity contribution in [2.75, 3.05) is 13.2 Å². The Bertz CT molecular complexity index is 71.4. The van der Waals surface area contributed by atoms with Crippen molar-refractivity contribution in [3.8, 4) is 0 Å². The molecule has 54 valence electrons. The van der Waals surface area contributed by atoms with Crippen LogP contribution < -0.4 is 0 Å². The van der Waals surface area contributed by atoms with E-state index in [1.54, 1.807) is 0 Å². The first kappa shape index (κ1) is 10.9. The number of hydrogen-bond donors (Lipinski definition) is 2. The van der Waals surface area contributed by atoms with Crippen molar-refractivity contribution >= 4 is 6.16 Å². The highest BCUT2D eigenvalue weighted by molar-refractivity contribution is 5.56. The molecule has 0 bridgehead atoms. The van der Waals surface area contributed by atoms with E-state index < -0.39 is 6.16 Å². The zero-order chi connectivity index (χ0) is 7.70. The van der Waals surface area contributed by atoms with Gasteiger partial charge in [-0.3, -0.25) is 0 Å². The molecule has 0 aliphatic rings. The maximum atomic E-state index is 9.42. The predicted octanol–water partition coefficient (Wildman–Crippen LogP) is 0.476. The molecule has 0 rings (SSSR count). The summed E-state index contributed by atoms with van der Waals surface area (Å²) < 4.78 is 3.86. The molecule has 9 heavy (non-hydrogen) atoms. The Morgan fingerprint density at radius 2 is 2.00 bits per heavy atom. The van der Waals surface area contributed by atoms with Crippen LogP contribution in [0.15, 0.2) is 13.2 Å². The second kappa shape index (κ2) is 10.1. The van der Waals surface area contributed by atoms with Crippen LogP contribution in [-0.4, -0.2) is 29.6 Å². The first-order valence-corrected chi connectivity index (χ1v) is 2.24. The van der Waals surface area contributed by atoms with Crippen molar-refractivity contribution in [2.24, 2.45) is 0 Å². The summed E-state index contributed by atoms with van der Waals surface area (Å²) in [4.78, 5) is 9.42. The monoisotopic (exact) mass is 134 g/mol. The highest BCUT2D eigenvalue weighted by atomic mass is 16.7. The van der Waals surface area contributed by atoms with Gasteiger partial charge in [0.25, 0.3) is 0 Å². The second-order valence-corrected chi connectivity index (χ2v) is 0.838. The highest BCUT2D eigenvalue weighted by Crippen LogP contribution is 1.71. The normalized spacial score (nSPS) is 6.78. The molecule has 0 spiro atoms. The van der Waals surface area contributed by atoms with Gasteiger partial charge in [0, 0.05) is 0 Å². The third-order valence-electron chi connectivity index (χ3n) is 0.317. The summed E-state index contributed by atoms with van der Waals surface area (Å²) in [6.45, 7) is 5.60. The fourth-order valence-electron chi connectivity index (χ4n) is 0.133. The molecular formula is C5H10O4. The number of carbonyl (C=O) groups is 1. The third kappa shape index (κ3) is 19.5. The Morgan fingerprint density at radius 3 is 2.11 bits per heavy atom. The molecule has 0 aromatic heterocycles. The molecule has 0 fully saturated rings. The molecule has 0 aliphatic heterocycles. The molecule has 0 saturated heterocycles. The second-order valence-electron chi connectivity index (χ2n) is 0.838. The minimum Gasteiger partial charge on any atom is -0.450 e. The van der Waals surface area contributed by atoms with E-state index in [4.69, 9.17) is 10.2 Å². The van der Waals surface area contributed by atoms with Gasteiger partial charge in [0.05, 0.1) is 6.61 Å². The summed E-state index contributed by atoms with van der Waals surface area (Å²) in [6.07, 6.45) is -1.35. The van der Waals surface area contributed by atoms with E-state index in [-0.39, 0.29) is 13.2 Å². The quantitative estimate of drug-likeness (QED) is 0.425. The van der Waals surface area contributed by atoms with Crippen LogP contribution >= 0.6 is 0 Å². The van der Waals surface area contributed by atoms with Gasteiger partial charge in [-0.1, -0.05) is 0 Å². The first-order valence-electron chi connectivity index (χ1n) is 2.24. The van der Waals surface area contributed by atoms with Crippen molar-refractivity contribution in [1.29, 1.82) is 0 Å².